The van der Waals surface area contributed by atoms with Crippen molar-refractivity contribution in [2.45, 2.75) is 39.3 Å². The SMILES string of the molecule is CCC(C)NC(=O)CCNCc1ccc(-c2ccccc2)o1. The van der Waals surface area contributed by atoms with Crippen LogP contribution in [0.2, 0.25) is 0 Å². The van der Waals surface area contributed by atoms with Gasteiger partial charge in [-0.3, -0.25) is 4.79 Å². The van der Waals surface area contributed by atoms with Crippen LogP contribution in [-0.2, 0) is 11.3 Å². The molecule has 0 fully saturated rings. The summed E-state index contributed by atoms with van der Waals surface area (Å²) in [5.41, 5.74) is 1.07. The fraction of sp³-hybridized carbons (Fsp3) is 0.389. The molecule has 4 nitrogen and oxygen atoms in total. The van der Waals surface area contributed by atoms with E-state index in [-0.39, 0.29) is 11.9 Å². The van der Waals surface area contributed by atoms with E-state index in [1.54, 1.807) is 0 Å². The first-order valence-corrected chi connectivity index (χ1v) is 7.83. The molecule has 0 aliphatic carbocycles. The number of amides is 1. The Morgan fingerprint density at radius 2 is 1.95 bits per heavy atom. The molecule has 0 aliphatic rings. The molecule has 0 saturated carbocycles. The molecule has 2 N–H and O–H groups in total. The minimum absolute atomic E-state index is 0.0891. The molecule has 118 valence electrons. The first-order chi connectivity index (χ1) is 10.7. The van der Waals surface area contributed by atoms with Gasteiger partial charge in [-0.05, 0) is 25.5 Å². The zero-order valence-corrected chi connectivity index (χ0v) is 13.3. The van der Waals surface area contributed by atoms with Crippen LogP contribution in [0.3, 0.4) is 0 Å². The van der Waals surface area contributed by atoms with Gasteiger partial charge in [0.1, 0.15) is 11.5 Å². The van der Waals surface area contributed by atoms with Gasteiger partial charge in [0.2, 0.25) is 5.91 Å². The van der Waals surface area contributed by atoms with Crippen molar-refractivity contribution < 1.29 is 9.21 Å². The van der Waals surface area contributed by atoms with Crippen LogP contribution in [0.4, 0.5) is 0 Å². The average molecular weight is 300 g/mol. The topological polar surface area (TPSA) is 54.3 Å². The zero-order chi connectivity index (χ0) is 15.8. The molecule has 1 amide bonds. The number of carbonyl (C=O) groups is 1. The van der Waals surface area contributed by atoms with Crippen molar-refractivity contribution in [2.75, 3.05) is 6.54 Å². The highest BCUT2D eigenvalue weighted by Gasteiger charge is 2.06. The highest BCUT2D eigenvalue weighted by molar-refractivity contribution is 5.76. The maximum absolute atomic E-state index is 11.6. The average Bonchev–Trinajstić information content (AvgIpc) is 3.01. The summed E-state index contributed by atoms with van der Waals surface area (Å²) in [4.78, 5) is 11.6. The predicted octanol–water partition coefficient (Wildman–Crippen LogP) is 3.34. The van der Waals surface area contributed by atoms with Gasteiger partial charge in [0.05, 0.1) is 6.54 Å². The summed E-state index contributed by atoms with van der Waals surface area (Å²) in [5, 5.41) is 6.19. The Kier molecular flexibility index (Phi) is 6.22. The first-order valence-electron chi connectivity index (χ1n) is 7.83. The van der Waals surface area contributed by atoms with Gasteiger partial charge in [-0.15, -0.1) is 0 Å². The lowest BCUT2D eigenvalue weighted by molar-refractivity contribution is -0.121. The van der Waals surface area contributed by atoms with Crippen LogP contribution >= 0.6 is 0 Å². The summed E-state index contributed by atoms with van der Waals surface area (Å²) in [6.45, 7) is 5.34. The molecule has 2 rings (SSSR count). The number of hydrogen-bond acceptors (Lipinski definition) is 3. The van der Waals surface area contributed by atoms with E-state index in [9.17, 15) is 4.79 Å². The third kappa shape index (κ3) is 5.04. The van der Waals surface area contributed by atoms with E-state index >= 15 is 0 Å². The summed E-state index contributed by atoms with van der Waals surface area (Å²) in [6.07, 6.45) is 1.43. The Labute approximate surface area is 131 Å². The van der Waals surface area contributed by atoms with Gasteiger partial charge in [0.15, 0.2) is 0 Å². The molecule has 22 heavy (non-hydrogen) atoms. The van der Waals surface area contributed by atoms with E-state index in [0.29, 0.717) is 19.5 Å². The van der Waals surface area contributed by atoms with Crippen molar-refractivity contribution in [3.63, 3.8) is 0 Å². The van der Waals surface area contributed by atoms with E-state index in [1.165, 1.54) is 0 Å². The molecule has 1 unspecified atom stereocenters. The Bertz CT molecular complexity index is 578. The van der Waals surface area contributed by atoms with E-state index in [4.69, 9.17) is 4.42 Å². The quantitative estimate of drug-likeness (QED) is 0.735. The molecule has 1 heterocycles. The molecule has 1 aromatic carbocycles. The highest BCUT2D eigenvalue weighted by atomic mass is 16.3. The Morgan fingerprint density at radius 3 is 2.68 bits per heavy atom. The maximum Gasteiger partial charge on any atom is 0.221 e. The number of benzene rings is 1. The van der Waals surface area contributed by atoms with Crippen molar-refractivity contribution in [3.05, 3.63) is 48.2 Å². The summed E-state index contributed by atoms with van der Waals surface area (Å²) >= 11 is 0. The molecule has 1 atom stereocenters. The fourth-order valence-corrected chi connectivity index (χ4v) is 2.09. The van der Waals surface area contributed by atoms with E-state index in [2.05, 4.69) is 17.6 Å². The molecular weight excluding hydrogens is 276 g/mol. The lowest BCUT2D eigenvalue weighted by Crippen LogP contribution is -2.33. The number of carbonyl (C=O) groups excluding carboxylic acids is 1. The van der Waals surface area contributed by atoms with Gasteiger partial charge < -0.3 is 15.1 Å². The molecular formula is C18H24N2O2. The number of rotatable bonds is 8. The van der Waals surface area contributed by atoms with Gasteiger partial charge in [0.25, 0.3) is 0 Å². The second-order valence-electron chi connectivity index (χ2n) is 5.44. The Balaban J connectivity index is 1.72. The van der Waals surface area contributed by atoms with Crippen LogP contribution in [0.15, 0.2) is 46.9 Å². The summed E-state index contributed by atoms with van der Waals surface area (Å²) < 4.78 is 5.80. The molecule has 2 aromatic rings. The van der Waals surface area contributed by atoms with E-state index in [0.717, 1.165) is 23.5 Å². The van der Waals surface area contributed by atoms with Crippen molar-refractivity contribution in [2.24, 2.45) is 0 Å². The second kappa shape index (κ2) is 8.39. The highest BCUT2D eigenvalue weighted by Crippen LogP contribution is 2.21. The van der Waals surface area contributed by atoms with Crippen LogP contribution in [0, 0.1) is 0 Å². The third-order valence-electron chi connectivity index (χ3n) is 3.57. The van der Waals surface area contributed by atoms with E-state index < -0.39 is 0 Å². The van der Waals surface area contributed by atoms with Crippen LogP contribution < -0.4 is 10.6 Å². The van der Waals surface area contributed by atoms with Crippen LogP contribution in [0.1, 0.15) is 32.4 Å². The minimum Gasteiger partial charge on any atom is -0.460 e. The van der Waals surface area contributed by atoms with Gasteiger partial charge >= 0.3 is 0 Å². The largest absolute Gasteiger partial charge is 0.460 e. The maximum atomic E-state index is 11.6. The van der Waals surface area contributed by atoms with Crippen molar-refractivity contribution in [1.82, 2.24) is 10.6 Å². The molecule has 0 saturated heterocycles. The number of hydrogen-bond donors (Lipinski definition) is 2. The van der Waals surface area contributed by atoms with Gasteiger partial charge in [-0.2, -0.15) is 0 Å². The summed E-state index contributed by atoms with van der Waals surface area (Å²) in [5.74, 6) is 1.83. The van der Waals surface area contributed by atoms with Crippen molar-refractivity contribution in [3.8, 4) is 11.3 Å². The summed E-state index contributed by atoms with van der Waals surface area (Å²) in [7, 11) is 0. The van der Waals surface area contributed by atoms with Crippen LogP contribution in [0.25, 0.3) is 11.3 Å². The molecule has 0 radical (unpaired) electrons. The Morgan fingerprint density at radius 1 is 1.18 bits per heavy atom. The molecule has 0 spiro atoms. The standard InChI is InChI=1S/C18H24N2O2/c1-3-14(2)20-18(21)11-12-19-13-16-9-10-17(22-16)15-7-5-4-6-8-15/h4-10,14,19H,3,11-13H2,1-2H3,(H,20,21). The first kappa shape index (κ1) is 16.3. The smallest absolute Gasteiger partial charge is 0.221 e. The molecule has 0 bridgehead atoms. The summed E-state index contributed by atoms with van der Waals surface area (Å²) in [6, 6.07) is 14.2. The van der Waals surface area contributed by atoms with Crippen molar-refractivity contribution in [1.29, 1.82) is 0 Å². The minimum atomic E-state index is 0.0891. The van der Waals surface area contributed by atoms with Gasteiger partial charge in [-0.25, -0.2) is 0 Å². The van der Waals surface area contributed by atoms with E-state index in [1.807, 2.05) is 49.4 Å². The lowest BCUT2D eigenvalue weighted by atomic mass is 10.2. The predicted molar refractivity (Wildman–Crippen MR) is 88.4 cm³/mol. The number of nitrogens with one attached hydrogen (secondary N) is 2. The van der Waals surface area contributed by atoms with Gasteiger partial charge in [-0.1, -0.05) is 37.3 Å². The van der Waals surface area contributed by atoms with Crippen LogP contribution in [0.5, 0.6) is 0 Å². The third-order valence-corrected chi connectivity index (χ3v) is 3.57. The zero-order valence-electron chi connectivity index (χ0n) is 13.3. The Hall–Kier alpha value is -2.07. The normalized spacial score (nSPS) is 12.1. The molecule has 4 heteroatoms. The lowest BCUT2D eigenvalue weighted by Gasteiger charge is -2.11. The fourth-order valence-electron chi connectivity index (χ4n) is 2.09. The number of furan rings is 1. The van der Waals surface area contributed by atoms with Gasteiger partial charge in [0, 0.05) is 24.6 Å². The van der Waals surface area contributed by atoms with Crippen LogP contribution in [-0.4, -0.2) is 18.5 Å². The second-order valence-corrected chi connectivity index (χ2v) is 5.44. The monoisotopic (exact) mass is 300 g/mol. The molecule has 0 aliphatic heterocycles. The van der Waals surface area contributed by atoms with Crippen molar-refractivity contribution >= 4 is 5.91 Å². The molecule has 1 aromatic heterocycles.